The molecule has 0 radical (unpaired) electrons. The third-order valence-corrected chi connectivity index (χ3v) is 3.28. The molecule has 1 heterocycles. The van der Waals surface area contributed by atoms with Crippen LogP contribution in [0.5, 0.6) is 0 Å². The molecule has 3 N–H and O–H groups in total. The zero-order valence-electron chi connectivity index (χ0n) is 9.52. The first-order valence-corrected chi connectivity index (χ1v) is 5.70. The van der Waals surface area contributed by atoms with Crippen LogP contribution in [-0.2, 0) is 0 Å². The lowest BCUT2D eigenvalue weighted by Gasteiger charge is -2.13. The lowest BCUT2D eigenvalue weighted by molar-refractivity contribution is 0.0697. The summed E-state index contributed by atoms with van der Waals surface area (Å²) in [6.07, 6.45) is 4.52. The zero-order valence-corrected chi connectivity index (χ0v) is 9.52. The van der Waals surface area contributed by atoms with Gasteiger partial charge in [-0.25, -0.2) is 9.78 Å². The van der Waals surface area contributed by atoms with Gasteiger partial charge in [0.2, 0.25) is 0 Å². The fraction of sp³-hybridized carbons (Fsp3) is 0.500. The lowest BCUT2D eigenvalue weighted by Crippen LogP contribution is -2.15. The Bertz CT molecular complexity index is 416. The molecule has 0 spiro atoms. The quantitative estimate of drug-likeness (QED) is 0.694. The van der Waals surface area contributed by atoms with Crippen molar-refractivity contribution in [1.82, 2.24) is 4.98 Å². The summed E-state index contributed by atoms with van der Waals surface area (Å²) in [7, 11) is 0. The van der Waals surface area contributed by atoms with E-state index in [2.05, 4.69) is 10.3 Å². The van der Waals surface area contributed by atoms with Crippen molar-refractivity contribution in [2.45, 2.75) is 19.3 Å². The molecule has 1 fully saturated rings. The summed E-state index contributed by atoms with van der Waals surface area (Å²) in [5.41, 5.74) is 0.256. The third kappa shape index (κ3) is 2.74. The molecule has 0 bridgehead atoms. The van der Waals surface area contributed by atoms with Gasteiger partial charge in [-0.3, -0.25) is 0 Å². The number of hydrogen-bond donors (Lipinski definition) is 3. The topological polar surface area (TPSA) is 82.5 Å². The number of pyridine rings is 1. The molecule has 0 aliphatic heterocycles. The monoisotopic (exact) mass is 236 g/mol. The summed E-state index contributed by atoms with van der Waals surface area (Å²) in [6, 6.07) is 3.13. The Hall–Kier alpha value is -1.62. The molecule has 0 unspecified atom stereocenters. The number of carboxylic acid groups (broad SMARTS) is 1. The van der Waals surface area contributed by atoms with E-state index < -0.39 is 5.97 Å². The lowest BCUT2D eigenvalue weighted by atomic mass is 10.0. The molecule has 1 aromatic heterocycles. The van der Waals surface area contributed by atoms with Crippen LogP contribution < -0.4 is 5.32 Å². The fourth-order valence-corrected chi connectivity index (χ4v) is 1.83. The number of aromatic carboxylic acids is 1. The van der Waals surface area contributed by atoms with Crippen molar-refractivity contribution in [2.75, 3.05) is 18.5 Å². The molecule has 5 heteroatoms. The number of aliphatic hydroxyl groups is 1. The highest BCUT2D eigenvalue weighted by atomic mass is 16.4. The molecule has 0 saturated heterocycles. The van der Waals surface area contributed by atoms with E-state index in [1.807, 2.05) is 0 Å². The zero-order chi connectivity index (χ0) is 12.3. The largest absolute Gasteiger partial charge is 0.478 e. The van der Waals surface area contributed by atoms with Gasteiger partial charge in [0.05, 0.1) is 0 Å². The van der Waals surface area contributed by atoms with Crippen molar-refractivity contribution in [3.8, 4) is 0 Å². The van der Waals surface area contributed by atoms with E-state index in [4.69, 9.17) is 10.2 Å². The number of rotatable bonds is 6. The van der Waals surface area contributed by atoms with Crippen LogP contribution in [0.15, 0.2) is 18.3 Å². The second kappa shape index (κ2) is 4.71. The number of nitrogens with zero attached hydrogens (tertiary/aromatic N) is 1. The molecule has 1 aliphatic rings. The Balaban J connectivity index is 1.92. The molecule has 0 atom stereocenters. The average Bonchev–Trinajstić information content (AvgIpc) is 3.10. The third-order valence-electron chi connectivity index (χ3n) is 3.28. The molecule has 17 heavy (non-hydrogen) atoms. The molecule has 1 aromatic rings. The smallest absolute Gasteiger partial charge is 0.339 e. The van der Waals surface area contributed by atoms with Gasteiger partial charge < -0.3 is 15.5 Å². The maximum Gasteiger partial charge on any atom is 0.339 e. The number of carboxylic acids is 1. The Labute approximate surface area is 99.5 Å². The van der Waals surface area contributed by atoms with Crippen LogP contribution in [0.1, 0.15) is 29.6 Å². The summed E-state index contributed by atoms with van der Waals surface area (Å²) in [5.74, 6) is -0.586. The first-order valence-electron chi connectivity index (χ1n) is 5.70. The van der Waals surface area contributed by atoms with E-state index in [1.54, 1.807) is 12.3 Å². The summed E-state index contributed by atoms with van der Waals surface area (Å²) < 4.78 is 0. The summed E-state index contributed by atoms with van der Waals surface area (Å²) in [6.45, 7) is 0.848. The second-order valence-electron chi connectivity index (χ2n) is 4.54. The van der Waals surface area contributed by atoms with Gasteiger partial charge in [0, 0.05) is 19.3 Å². The van der Waals surface area contributed by atoms with Crippen LogP contribution in [-0.4, -0.2) is 34.3 Å². The van der Waals surface area contributed by atoms with Gasteiger partial charge in [-0.2, -0.15) is 0 Å². The maximum absolute atomic E-state index is 10.9. The van der Waals surface area contributed by atoms with Crippen LogP contribution >= 0.6 is 0 Å². The second-order valence-corrected chi connectivity index (χ2v) is 4.54. The molecular weight excluding hydrogens is 220 g/mol. The summed E-state index contributed by atoms with van der Waals surface area (Å²) in [5, 5.41) is 21.1. The van der Waals surface area contributed by atoms with Gasteiger partial charge in [0.15, 0.2) is 0 Å². The number of aromatic nitrogens is 1. The molecule has 1 aliphatic carbocycles. The van der Waals surface area contributed by atoms with Gasteiger partial charge in [-0.05, 0) is 36.8 Å². The Kier molecular flexibility index (Phi) is 3.28. The van der Waals surface area contributed by atoms with Crippen LogP contribution in [0, 0.1) is 5.41 Å². The van der Waals surface area contributed by atoms with Crippen molar-refractivity contribution in [1.29, 1.82) is 0 Å². The van der Waals surface area contributed by atoms with Crippen LogP contribution in [0.2, 0.25) is 0 Å². The first-order chi connectivity index (χ1) is 8.17. The number of nitrogens with one attached hydrogen (secondary N) is 1. The fourth-order valence-electron chi connectivity index (χ4n) is 1.83. The SMILES string of the molecule is O=C(O)c1cccnc1NCCC1(CO)CC1. The highest BCUT2D eigenvalue weighted by Crippen LogP contribution is 2.47. The van der Waals surface area contributed by atoms with Crippen molar-refractivity contribution in [2.24, 2.45) is 5.41 Å². The predicted molar refractivity (Wildman–Crippen MR) is 63.1 cm³/mol. The van der Waals surface area contributed by atoms with Gasteiger partial charge in [-0.15, -0.1) is 0 Å². The Morgan fingerprint density at radius 2 is 2.29 bits per heavy atom. The molecule has 2 rings (SSSR count). The van der Waals surface area contributed by atoms with Crippen LogP contribution in [0.25, 0.3) is 0 Å². The minimum Gasteiger partial charge on any atom is -0.478 e. The van der Waals surface area contributed by atoms with Crippen molar-refractivity contribution in [3.05, 3.63) is 23.9 Å². The van der Waals surface area contributed by atoms with E-state index >= 15 is 0 Å². The van der Waals surface area contributed by atoms with E-state index in [1.165, 1.54) is 6.07 Å². The maximum atomic E-state index is 10.9. The van der Waals surface area contributed by atoms with E-state index in [-0.39, 0.29) is 17.6 Å². The van der Waals surface area contributed by atoms with Gasteiger partial charge >= 0.3 is 5.97 Å². The Morgan fingerprint density at radius 1 is 1.53 bits per heavy atom. The van der Waals surface area contributed by atoms with E-state index in [0.29, 0.717) is 12.4 Å². The van der Waals surface area contributed by atoms with E-state index in [9.17, 15) is 4.79 Å². The highest BCUT2D eigenvalue weighted by molar-refractivity contribution is 5.92. The molecule has 1 saturated carbocycles. The molecular formula is C12H16N2O3. The van der Waals surface area contributed by atoms with Crippen LogP contribution in [0.4, 0.5) is 5.82 Å². The molecule has 0 amide bonds. The van der Waals surface area contributed by atoms with Gasteiger partial charge in [-0.1, -0.05) is 0 Å². The number of aliphatic hydroxyl groups excluding tert-OH is 1. The standard InChI is InChI=1S/C12H16N2O3/c15-8-12(3-4-12)5-7-14-10-9(11(16)17)2-1-6-13-10/h1-2,6,15H,3-5,7-8H2,(H,13,14)(H,16,17). The number of carbonyl (C=O) groups is 1. The number of hydrogen-bond acceptors (Lipinski definition) is 4. The van der Waals surface area contributed by atoms with E-state index in [0.717, 1.165) is 19.3 Å². The highest BCUT2D eigenvalue weighted by Gasteiger charge is 2.41. The number of anilines is 1. The summed E-state index contributed by atoms with van der Waals surface area (Å²) in [4.78, 5) is 14.9. The molecule has 5 nitrogen and oxygen atoms in total. The predicted octanol–water partition coefficient (Wildman–Crippen LogP) is 1.35. The summed E-state index contributed by atoms with van der Waals surface area (Å²) >= 11 is 0. The first kappa shape index (κ1) is 11.9. The minimum atomic E-state index is -0.983. The molecule has 92 valence electrons. The van der Waals surface area contributed by atoms with Crippen molar-refractivity contribution in [3.63, 3.8) is 0 Å². The van der Waals surface area contributed by atoms with Gasteiger partial charge in [0.1, 0.15) is 11.4 Å². The minimum absolute atomic E-state index is 0.0746. The average molecular weight is 236 g/mol. The normalized spacial score (nSPS) is 16.5. The van der Waals surface area contributed by atoms with Crippen molar-refractivity contribution < 1.29 is 15.0 Å². The Morgan fingerprint density at radius 3 is 2.88 bits per heavy atom. The molecule has 0 aromatic carbocycles. The van der Waals surface area contributed by atoms with Crippen molar-refractivity contribution >= 4 is 11.8 Å². The van der Waals surface area contributed by atoms with Gasteiger partial charge in [0.25, 0.3) is 0 Å². The van der Waals surface area contributed by atoms with Crippen LogP contribution in [0.3, 0.4) is 0 Å².